The van der Waals surface area contributed by atoms with Gasteiger partial charge in [-0.05, 0) is 41.8 Å². The van der Waals surface area contributed by atoms with Crippen LogP contribution in [0, 0.1) is 10.1 Å². The van der Waals surface area contributed by atoms with E-state index >= 15 is 0 Å². The third-order valence-corrected chi connectivity index (χ3v) is 7.08. The van der Waals surface area contributed by atoms with Crippen LogP contribution >= 0.6 is 0 Å². The number of amidine groups is 2. The van der Waals surface area contributed by atoms with Crippen LogP contribution in [0.15, 0.2) is 137 Å². The number of hydrogen-bond acceptors (Lipinski definition) is 7. The van der Waals surface area contributed by atoms with Crippen molar-refractivity contribution in [1.29, 1.82) is 0 Å². The SMILES string of the molecule is O=C(Nc1ccccc1)C1=NN(c2ccc([N+](=O)[O-])cc2)C(c2ccccc2)=CC2=Nc3cccc4cccc(c34)N21. The lowest BCUT2D eigenvalue weighted by atomic mass is 10.0. The molecule has 0 fully saturated rings. The summed E-state index contributed by atoms with van der Waals surface area (Å²) in [4.78, 5) is 31.8. The van der Waals surface area contributed by atoms with Crippen LogP contribution in [0.5, 0.6) is 0 Å². The van der Waals surface area contributed by atoms with Crippen molar-refractivity contribution >= 4 is 62.5 Å². The first-order valence-corrected chi connectivity index (χ1v) is 13.2. The third kappa shape index (κ3) is 4.35. The van der Waals surface area contributed by atoms with Crippen molar-refractivity contribution in [2.24, 2.45) is 10.1 Å². The summed E-state index contributed by atoms with van der Waals surface area (Å²) < 4.78 is 0. The Kier molecular flexibility index (Phi) is 6.02. The molecule has 2 aliphatic heterocycles. The molecule has 0 aliphatic carbocycles. The van der Waals surface area contributed by atoms with E-state index in [1.165, 1.54) is 12.1 Å². The molecule has 5 aromatic carbocycles. The summed E-state index contributed by atoms with van der Waals surface area (Å²) in [5.41, 5.74) is 4.12. The maximum absolute atomic E-state index is 14.1. The number of hydrogen-bond donors (Lipinski definition) is 1. The Morgan fingerprint density at radius 3 is 2.19 bits per heavy atom. The molecule has 202 valence electrons. The first-order chi connectivity index (χ1) is 20.6. The second-order valence-electron chi connectivity index (χ2n) is 9.68. The highest BCUT2D eigenvalue weighted by Gasteiger charge is 2.34. The summed E-state index contributed by atoms with van der Waals surface area (Å²) in [6.07, 6.45) is 1.89. The van der Waals surface area contributed by atoms with Crippen LogP contribution in [0.1, 0.15) is 5.56 Å². The lowest BCUT2D eigenvalue weighted by Gasteiger charge is -2.29. The normalized spacial score (nSPS) is 13.9. The van der Waals surface area contributed by atoms with E-state index in [0.717, 1.165) is 27.7 Å². The number of nitro benzene ring substituents is 1. The summed E-state index contributed by atoms with van der Waals surface area (Å²) >= 11 is 0. The van der Waals surface area contributed by atoms with Crippen molar-refractivity contribution in [3.63, 3.8) is 0 Å². The van der Waals surface area contributed by atoms with Crippen molar-refractivity contribution in [3.8, 4) is 0 Å². The lowest BCUT2D eigenvalue weighted by molar-refractivity contribution is -0.384. The number of fused-ring (bicyclic) bond motifs is 2. The third-order valence-electron chi connectivity index (χ3n) is 7.08. The minimum atomic E-state index is -0.449. The molecule has 9 heteroatoms. The van der Waals surface area contributed by atoms with Gasteiger partial charge in [0.15, 0.2) is 0 Å². The van der Waals surface area contributed by atoms with E-state index in [1.54, 1.807) is 34.2 Å². The van der Waals surface area contributed by atoms with Crippen LogP contribution in [0.3, 0.4) is 0 Å². The number of rotatable bonds is 5. The van der Waals surface area contributed by atoms with Crippen LogP contribution in [-0.2, 0) is 4.79 Å². The number of anilines is 3. The molecule has 0 aromatic heterocycles. The van der Waals surface area contributed by atoms with E-state index in [2.05, 4.69) is 5.32 Å². The van der Waals surface area contributed by atoms with Gasteiger partial charge in [-0.15, -0.1) is 5.10 Å². The first kappa shape index (κ1) is 24.9. The number of non-ortho nitro benzene ring substituents is 1. The van der Waals surface area contributed by atoms with Crippen molar-refractivity contribution in [2.45, 2.75) is 0 Å². The monoisotopic (exact) mass is 550 g/mol. The van der Waals surface area contributed by atoms with Crippen molar-refractivity contribution < 1.29 is 9.72 Å². The first-order valence-electron chi connectivity index (χ1n) is 13.2. The largest absolute Gasteiger partial charge is 0.319 e. The zero-order chi connectivity index (χ0) is 28.6. The highest BCUT2D eigenvalue weighted by atomic mass is 16.6. The summed E-state index contributed by atoms with van der Waals surface area (Å²) in [6.45, 7) is 0. The average molecular weight is 551 g/mol. The van der Waals surface area contributed by atoms with E-state index in [9.17, 15) is 14.9 Å². The Morgan fingerprint density at radius 1 is 0.786 bits per heavy atom. The number of amides is 1. The Morgan fingerprint density at radius 2 is 1.48 bits per heavy atom. The standard InChI is InChI=1S/C33H22N6O3/c40-33(34-24-13-5-2-6-14-24)32-36-38(25-17-19-26(20-18-25)39(41)42)29(22-9-3-1-4-10-22)21-30-35-27-15-7-11-23-12-8-16-28(31(23)27)37(30)32/h1-21H,(H,34,40). The number of benzene rings is 5. The predicted octanol–water partition coefficient (Wildman–Crippen LogP) is 7.11. The van der Waals surface area contributed by atoms with Crippen molar-refractivity contribution in [2.75, 3.05) is 15.2 Å². The predicted molar refractivity (Wildman–Crippen MR) is 166 cm³/mol. The second kappa shape index (κ2) is 10.1. The van der Waals surface area contributed by atoms with Crippen LogP contribution in [-0.4, -0.2) is 22.5 Å². The molecule has 0 saturated heterocycles. The van der Waals surface area contributed by atoms with Crippen LogP contribution < -0.4 is 15.2 Å². The van der Waals surface area contributed by atoms with Crippen LogP contribution in [0.25, 0.3) is 16.5 Å². The van der Waals surface area contributed by atoms with Gasteiger partial charge in [0.1, 0.15) is 5.84 Å². The molecule has 0 spiro atoms. The van der Waals surface area contributed by atoms with E-state index in [4.69, 9.17) is 10.1 Å². The fourth-order valence-corrected chi connectivity index (χ4v) is 5.16. The molecular formula is C33H22N6O3. The molecule has 2 heterocycles. The molecule has 0 radical (unpaired) electrons. The zero-order valence-corrected chi connectivity index (χ0v) is 22.1. The molecule has 9 nitrogen and oxygen atoms in total. The van der Waals surface area contributed by atoms with Crippen molar-refractivity contribution in [3.05, 3.63) is 143 Å². The molecule has 42 heavy (non-hydrogen) atoms. The molecule has 2 aliphatic rings. The van der Waals surface area contributed by atoms with Gasteiger partial charge in [0, 0.05) is 34.8 Å². The summed E-state index contributed by atoms with van der Waals surface area (Å²) in [7, 11) is 0. The van der Waals surface area contributed by atoms with Gasteiger partial charge in [0.25, 0.3) is 11.6 Å². The van der Waals surface area contributed by atoms with E-state index in [0.29, 0.717) is 22.9 Å². The van der Waals surface area contributed by atoms with E-state index < -0.39 is 10.8 Å². The number of nitrogens with zero attached hydrogens (tertiary/aromatic N) is 5. The molecule has 0 unspecified atom stereocenters. The maximum Gasteiger partial charge on any atom is 0.293 e. The van der Waals surface area contributed by atoms with Gasteiger partial charge in [-0.3, -0.25) is 19.8 Å². The van der Waals surface area contributed by atoms with Gasteiger partial charge in [0.2, 0.25) is 5.84 Å². The molecule has 0 atom stereocenters. The Bertz CT molecular complexity index is 1950. The topological polar surface area (TPSA) is 103 Å². The minimum absolute atomic E-state index is 0.0474. The number of para-hydroxylation sites is 1. The van der Waals surface area contributed by atoms with Gasteiger partial charge in [-0.1, -0.05) is 72.8 Å². The zero-order valence-electron chi connectivity index (χ0n) is 22.1. The van der Waals surface area contributed by atoms with Gasteiger partial charge in [0.05, 0.1) is 27.7 Å². The smallest absolute Gasteiger partial charge is 0.293 e. The number of hydrazone groups is 1. The number of carbonyl (C=O) groups excluding carboxylic acids is 1. The number of nitrogens with one attached hydrogen (secondary N) is 1. The van der Waals surface area contributed by atoms with Crippen LogP contribution in [0.2, 0.25) is 0 Å². The van der Waals surface area contributed by atoms with Crippen molar-refractivity contribution in [1.82, 2.24) is 0 Å². The average Bonchev–Trinajstić information content (AvgIpc) is 3.20. The lowest BCUT2D eigenvalue weighted by Crippen LogP contribution is -2.44. The second-order valence-corrected chi connectivity index (χ2v) is 9.68. The van der Waals surface area contributed by atoms with Gasteiger partial charge >= 0.3 is 0 Å². The maximum atomic E-state index is 14.1. The van der Waals surface area contributed by atoms with Crippen LogP contribution in [0.4, 0.5) is 28.4 Å². The number of aliphatic imine (C=N–C) groups is 1. The highest BCUT2D eigenvalue weighted by Crippen LogP contribution is 2.41. The fraction of sp³-hybridized carbons (Fsp3) is 0. The number of nitro groups is 1. The summed E-state index contributed by atoms with van der Waals surface area (Å²) in [6, 6.07) is 36.7. The molecule has 0 bridgehead atoms. The molecule has 1 N–H and O–H groups in total. The Labute approximate surface area is 240 Å². The van der Waals surface area contributed by atoms with Gasteiger partial charge < -0.3 is 5.32 Å². The molecule has 7 rings (SSSR count). The molecular weight excluding hydrogens is 528 g/mol. The minimum Gasteiger partial charge on any atom is -0.319 e. The summed E-state index contributed by atoms with van der Waals surface area (Å²) in [5.74, 6) is 0.145. The van der Waals surface area contributed by atoms with Gasteiger partial charge in [-0.2, -0.15) is 0 Å². The van der Waals surface area contributed by atoms with E-state index in [1.807, 2.05) is 91.0 Å². The highest BCUT2D eigenvalue weighted by molar-refractivity contribution is 6.53. The molecule has 5 aromatic rings. The molecule has 0 saturated carbocycles. The Hall–Kier alpha value is -6.09. The Balaban J connectivity index is 1.49. The summed E-state index contributed by atoms with van der Waals surface area (Å²) in [5, 5.41) is 22.8. The van der Waals surface area contributed by atoms with E-state index in [-0.39, 0.29) is 11.5 Å². The quantitative estimate of drug-likeness (QED) is 0.186. The molecule has 1 amide bonds. The van der Waals surface area contributed by atoms with Gasteiger partial charge in [-0.25, -0.2) is 10.0 Å². The fourth-order valence-electron chi connectivity index (χ4n) is 5.16. The number of carbonyl (C=O) groups is 1.